The van der Waals surface area contributed by atoms with E-state index in [1.54, 1.807) is 47.8 Å². The molecule has 1 aromatic heterocycles. The predicted octanol–water partition coefficient (Wildman–Crippen LogP) is 3.57. The summed E-state index contributed by atoms with van der Waals surface area (Å²) in [5, 5.41) is 22.2. The van der Waals surface area contributed by atoms with Crippen LogP contribution in [0.25, 0.3) is 6.08 Å². The number of piperidine rings is 1. The number of aromatic hydroxyl groups is 1. The number of likely N-dealkylation sites (tertiary alicyclic amines) is 1. The van der Waals surface area contributed by atoms with Crippen molar-refractivity contribution in [2.24, 2.45) is 0 Å². The summed E-state index contributed by atoms with van der Waals surface area (Å²) >= 11 is 0. The number of phenols is 1. The van der Waals surface area contributed by atoms with Crippen molar-refractivity contribution in [2.45, 2.75) is 42.7 Å². The van der Waals surface area contributed by atoms with Gasteiger partial charge in [0.2, 0.25) is 5.91 Å². The number of nitrogens with zero attached hydrogens (tertiary/aromatic N) is 2. The van der Waals surface area contributed by atoms with E-state index in [0.717, 1.165) is 37.1 Å². The van der Waals surface area contributed by atoms with Crippen LogP contribution in [0.1, 0.15) is 36.8 Å². The number of rotatable bonds is 6. The van der Waals surface area contributed by atoms with Crippen molar-refractivity contribution in [3.8, 4) is 5.75 Å². The Bertz CT molecular complexity index is 985. The van der Waals surface area contributed by atoms with E-state index in [1.165, 1.54) is 0 Å². The van der Waals surface area contributed by atoms with Gasteiger partial charge in [-0.1, -0.05) is 18.2 Å². The zero-order valence-electron chi connectivity index (χ0n) is 18.6. The summed E-state index contributed by atoms with van der Waals surface area (Å²) in [6.45, 7) is 5.96. The molecule has 2 aromatic rings. The van der Waals surface area contributed by atoms with Crippen LogP contribution in [-0.2, 0) is 10.2 Å². The summed E-state index contributed by atoms with van der Waals surface area (Å²) in [4.78, 5) is 16.9. The minimum Gasteiger partial charge on any atom is -0.508 e. The lowest BCUT2D eigenvalue weighted by Crippen LogP contribution is -2.67. The predicted molar refractivity (Wildman–Crippen MR) is 124 cm³/mol. The summed E-state index contributed by atoms with van der Waals surface area (Å²) in [5.41, 5.74) is 0.317. The molecular weight excluding hydrogens is 404 g/mol. The van der Waals surface area contributed by atoms with Crippen LogP contribution < -0.4 is 0 Å². The van der Waals surface area contributed by atoms with Gasteiger partial charge in [-0.05, 0) is 62.1 Å². The smallest absolute Gasteiger partial charge is 0.246 e. The molecule has 2 heterocycles. The topological polar surface area (TPSA) is 77.2 Å². The van der Waals surface area contributed by atoms with Gasteiger partial charge < -0.3 is 19.5 Å². The summed E-state index contributed by atoms with van der Waals surface area (Å²) in [7, 11) is 1.83. The molecule has 1 amide bonds. The molecule has 1 aliphatic carbocycles. The van der Waals surface area contributed by atoms with Crippen LogP contribution in [0.3, 0.4) is 0 Å². The van der Waals surface area contributed by atoms with Gasteiger partial charge in [0.05, 0.1) is 18.1 Å². The van der Waals surface area contributed by atoms with E-state index in [0.29, 0.717) is 19.4 Å². The first kappa shape index (κ1) is 22.4. The van der Waals surface area contributed by atoms with E-state index in [2.05, 4.69) is 11.5 Å². The fourth-order valence-corrected chi connectivity index (χ4v) is 5.54. The Labute approximate surface area is 189 Å². The highest BCUT2D eigenvalue weighted by Crippen LogP contribution is 2.52. The van der Waals surface area contributed by atoms with Crippen molar-refractivity contribution >= 4 is 12.0 Å². The number of hydrogen-bond acceptors (Lipinski definition) is 5. The Morgan fingerprint density at radius 2 is 2.22 bits per heavy atom. The van der Waals surface area contributed by atoms with Gasteiger partial charge in [0.25, 0.3) is 0 Å². The van der Waals surface area contributed by atoms with Crippen LogP contribution in [0.4, 0.5) is 0 Å². The number of β-amino-alcohol motifs (C(OH)–C–C–N with tert-alkyl or cyclic N) is 1. The molecule has 32 heavy (non-hydrogen) atoms. The second kappa shape index (κ2) is 8.96. The summed E-state index contributed by atoms with van der Waals surface area (Å²) in [6.07, 6.45) is 11.1. The van der Waals surface area contributed by atoms with Crippen molar-refractivity contribution < 1.29 is 19.4 Å². The van der Waals surface area contributed by atoms with Gasteiger partial charge in [0.15, 0.2) is 0 Å². The molecule has 4 rings (SSSR count). The molecule has 1 aromatic carbocycles. The number of fused-ring (bicyclic) bond motifs is 1. The number of amides is 1. The van der Waals surface area contributed by atoms with E-state index in [4.69, 9.17) is 4.42 Å². The molecule has 6 heteroatoms. The van der Waals surface area contributed by atoms with Crippen molar-refractivity contribution in [3.05, 3.63) is 72.7 Å². The van der Waals surface area contributed by atoms with E-state index < -0.39 is 11.0 Å². The van der Waals surface area contributed by atoms with E-state index in [9.17, 15) is 15.0 Å². The van der Waals surface area contributed by atoms with Crippen LogP contribution in [0.2, 0.25) is 0 Å². The van der Waals surface area contributed by atoms with E-state index in [-0.39, 0.29) is 17.7 Å². The molecule has 0 radical (unpaired) electrons. The SMILES string of the molecule is C=CCN1CC[C@@]2(c3cccc(O)c3)C[C@H](N(C)C(=O)/C=C/c3ccoc3)CC[C@]2(O)C1. The lowest BCUT2D eigenvalue weighted by Gasteiger charge is -2.58. The summed E-state index contributed by atoms with van der Waals surface area (Å²) in [5.74, 6) is 0.124. The highest BCUT2D eigenvalue weighted by Gasteiger charge is 2.58. The Hall–Kier alpha value is -2.83. The minimum absolute atomic E-state index is 0.00919. The Morgan fingerprint density at radius 3 is 2.94 bits per heavy atom. The molecule has 2 aliphatic rings. The molecule has 2 N–H and O–H groups in total. The Morgan fingerprint density at radius 1 is 1.38 bits per heavy atom. The van der Waals surface area contributed by atoms with E-state index in [1.807, 2.05) is 25.3 Å². The number of hydrogen-bond donors (Lipinski definition) is 2. The number of furan rings is 1. The van der Waals surface area contributed by atoms with Gasteiger partial charge in [0.1, 0.15) is 5.75 Å². The molecule has 0 unspecified atom stereocenters. The maximum atomic E-state index is 12.9. The van der Waals surface area contributed by atoms with Crippen molar-refractivity contribution in [1.29, 1.82) is 0 Å². The van der Waals surface area contributed by atoms with Crippen LogP contribution in [0.15, 0.2) is 66.0 Å². The monoisotopic (exact) mass is 436 g/mol. The molecule has 1 saturated carbocycles. The molecule has 1 saturated heterocycles. The largest absolute Gasteiger partial charge is 0.508 e. The second-order valence-electron chi connectivity index (χ2n) is 9.17. The zero-order valence-corrected chi connectivity index (χ0v) is 18.6. The zero-order chi connectivity index (χ0) is 22.8. The number of benzene rings is 1. The Balaban J connectivity index is 1.61. The van der Waals surface area contributed by atoms with Crippen LogP contribution >= 0.6 is 0 Å². The first-order valence-electron chi connectivity index (χ1n) is 11.2. The average Bonchev–Trinajstić information content (AvgIpc) is 3.30. The third-order valence-corrected chi connectivity index (χ3v) is 7.35. The average molecular weight is 437 g/mol. The van der Waals surface area contributed by atoms with Gasteiger partial charge in [-0.25, -0.2) is 0 Å². The maximum absolute atomic E-state index is 12.9. The number of aliphatic hydroxyl groups is 1. The molecule has 6 nitrogen and oxygen atoms in total. The molecule has 3 atom stereocenters. The number of carbonyl (C=O) groups excluding carboxylic acids is 1. The minimum atomic E-state index is -0.935. The molecular formula is C26H32N2O4. The molecule has 0 spiro atoms. The first-order chi connectivity index (χ1) is 15.4. The standard InChI is InChI=1S/C26H32N2O4/c1-3-13-28-14-12-25(21-5-4-6-23(29)16-21)17-22(9-11-26(25,31)19-28)27(2)24(30)8-7-20-10-15-32-18-20/h3-8,10,15-16,18,22,29,31H,1,9,11-14,17,19H2,2H3/b8-7+/t22-,25+,26+/m1/s1. The van der Waals surface area contributed by atoms with E-state index >= 15 is 0 Å². The second-order valence-corrected chi connectivity index (χ2v) is 9.17. The van der Waals surface area contributed by atoms with Crippen LogP contribution in [0, 0.1) is 0 Å². The summed E-state index contributed by atoms with van der Waals surface area (Å²) in [6, 6.07) is 9.06. The maximum Gasteiger partial charge on any atom is 0.246 e. The summed E-state index contributed by atoms with van der Waals surface area (Å²) < 4.78 is 5.06. The fraction of sp³-hybridized carbons (Fsp3) is 0.423. The third kappa shape index (κ3) is 4.12. The van der Waals surface area contributed by atoms with Gasteiger partial charge >= 0.3 is 0 Å². The highest BCUT2D eigenvalue weighted by molar-refractivity contribution is 5.91. The first-order valence-corrected chi connectivity index (χ1v) is 11.2. The van der Waals surface area contributed by atoms with Crippen molar-refractivity contribution in [3.63, 3.8) is 0 Å². The molecule has 1 aliphatic heterocycles. The molecule has 170 valence electrons. The molecule has 0 bridgehead atoms. The number of phenolic OH excluding ortho intramolecular Hbond substituents is 1. The van der Waals surface area contributed by atoms with Crippen LogP contribution in [-0.4, -0.2) is 64.2 Å². The number of carbonyl (C=O) groups is 1. The quantitative estimate of drug-likeness (QED) is 0.535. The van der Waals surface area contributed by atoms with Gasteiger partial charge in [-0.15, -0.1) is 6.58 Å². The highest BCUT2D eigenvalue weighted by atomic mass is 16.3. The molecule has 2 fully saturated rings. The van der Waals surface area contributed by atoms with Crippen molar-refractivity contribution in [2.75, 3.05) is 26.7 Å². The number of likely N-dealkylation sites (N-methyl/N-ethyl adjacent to an activating group) is 1. The fourth-order valence-electron chi connectivity index (χ4n) is 5.54. The van der Waals surface area contributed by atoms with Gasteiger partial charge in [-0.2, -0.15) is 0 Å². The normalized spacial score (nSPS) is 28.4. The van der Waals surface area contributed by atoms with Crippen molar-refractivity contribution in [1.82, 2.24) is 9.80 Å². The van der Waals surface area contributed by atoms with Gasteiger partial charge in [0, 0.05) is 43.2 Å². The lowest BCUT2D eigenvalue weighted by molar-refractivity contribution is -0.143. The Kier molecular flexibility index (Phi) is 6.26. The van der Waals surface area contributed by atoms with Gasteiger partial charge in [-0.3, -0.25) is 9.69 Å². The van der Waals surface area contributed by atoms with Crippen LogP contribution in [0.5, 0.6) is 5.75 Å². The lowest BCUT2D eigenvalue weighted by atomic mass is 9.55. The third-order valence-electron chi connectivity index (χ3n) is 7.35.